The van der Waals surface area contributed by atoms with Crippen LogP contribution < -0.4 is 26.2 Å². The first-order valence-electron chi connectivity index (χ1n) is 49.1. The second kappa shape index (κ2) is 20.7. The summed E-state index contributed by atoms with van der Waals surface area (Å²) < 4.78 is 319. The molecular weight excluding hydrogens is 1260 g/mol. The number of rotatable bonds is 6. The highest BCUT2D eigenvalue weighted by Gasteiger charge is 2.46. The zero-order valence-corrected chi connectivity index (χ0v) is 54.1. The largest absolute Gasteiger partial charge is 0.452 e. The molecule has 0 fully saturated rings. The third kappa shape index (κ3) is 7.69. The average Bonchev–Trinajstić information content (AvgIpc) is 1.68. The summed E-state index contributed by atoms with van der Waals surface area (Å²) in [4.78, 5) is 3.83. The summed E-state index contributed by atoms with van der Waals surface area (Å²) >= 11 is 0. The highest BCUT2D eigenvalue weighted by molar-refractivity contribution is 7.00. The molecule has 0 atom stereocenters. The van der Waals surface area contributed by atoms with E-state index >= 15 is 0 Å². The first-order valence-corrected chi connectivity index (χ1v) is 33.1. The van der Waals surface area contributed by atoms with Gasteiger partial charge in [0, 0.05) is 98.8 Å². The van der Waals surface area contributed by atoms with E-state index in [0.29, 0.717) is 54.9 Å². The molecule has 0 saturated carbocycles. The Morgan fingerprint density at radius 1 is 0.272 bits per heavy atom. The van der Waals surface area contributed by atoms with Crippen LogP contribution in [0.15, 0.2) is 324 Å². The molecule has 0 aliphatic carbocycles. The zero-order valence-electron chi connectivity index (χ0n) is 86.1. The highest BCUT2D eigenvalue weighted by Crippen LogP contribution is 2.53. The Hall–Kier alpha value is -13.2. The van der Waals surface area contributed by atoms with Crippen molar-refractivity contribution >= 4 is 188 Å². The summed E-state index contributed by atoms with van der Waals surface area (Å²) in [5.74, 6) is 0. The lowest BCUT2D eigenvalue weighted by atomic mass is 9.33. The van der Waals surface area contributed by atoms with Crippen LogP contribution in [0.4, 0.5) is 34.1 Å². The number of benzene rings is 15. The molecule has 0 spiro atoms. The van der Waals surface area contributed by atoms with E-state index in [1.165, 1.54) is 18.3 Å². The first kappa shape index (κ1) is 34.2. The van der Waals surface area contributed by atoms with Gasteiger partial charge in [0.25, 0.3) is 6.71 Å². The van der Waals surface area contributed by atoms with E-state index in [4.69, 9.17) is 25.3 Å². The van der Waals surface area contributed by atoms with Gasteiger partial charge in [0.2, 0.25) is 0 Å². The molecule has 482 valence electrons. The number of hydrogen-bond donors (Lipinski definition) is 0. The number of fused-ring (bicyclic) bond motifs is 22. The van der Waals surface area contributed by atoms with Crippen molar-refractivity contribution in [2.24, 2.45) is 0 Å². The van der Waals surface area contributed by atoms with Gasteiger partial charge in [-0.2, -0.15) is 0 Å². The molecule has 8 heterocycles. The predicted molar refractivity (Wildman–Crippen MR) is 431 cm³/mol. The minimum absolute atomic E-state index is 0.0563. The Morgan fingerprint density at radius 2 is 0.544 bits per heavy atom. The van der Waals surface area contributed by atoms with E-state index in [-0.39, 0.29) is 155 Å². The second-order valence-corrected chi connectivity index (χ2v) is 26.7. The molecule has 2 aliphatic heterocycles. The normalized spacial score (nSPS) is 17.5. The molecule has 6 aromatic heterocycles. The van der Waals surface area contributed by atoms with Crippen LogP contribution in [0.1, 0.15) is 70.2 Å². The van der Waals surface area contributed by atoms with Crippen LogP contribution in [-0.2, 0) is 5.41 Å². The van der Waals surface area contributed by atoms with Gasteiger partial charge in [-0.15, -0.1) is 0 Å². The quantitative estimate of drug-likeness (QED) is 0.156. The molecule has 0 radical (unpaired) electrons. The van der Waals surface area contributed by atoms with Crippen molar-refractivity contribution in [2.45, 2.75) is 26.2 Å². The summed E-state index contributed by atoms with van der Waals surface area (Å²) in [5, 5.41) is -0.0572. The Balaban J connectivity index is 0.879. The maximum atomic E-state index is 9.80. The van der Waals surface area contributed by atoms with Crippen LogP contribution in [0.3, 0.4) is 0 Å². The standard InChI is InChI=1S/C94H61BN6O2/c1-94(2,3)56-52-87-89-88(53-56)101(84-47-23-35-70-68-33-21-45-82(91(68)103-93(70)84)99-79-42-18-10-30-65(79)66-31-11-19-43-80(66)99)86-55-58(97-75-38-14-6-26-61(75)62-27-7-15-39-76(62)97)49-51-72(86)95(89)71-50-48-57(96-73-36-12-4-24-59(73)60-25-5-13-37-74(60)96)54-85(71)100(87)83-46-22-34-69-67-32-20-44-81(90(67)102-92(69)83)98-77-40-16-8-28-63(77)64-29-9-17-41-78(64)98/h4-55H,1-3H3/i4D,5D,6D,7D,8D,9D,10D,11D,12D,13D,14D,15D,16D,17D,18D,19D,24D,25D,26D,27D,28D,29D,30D,31D,36D,37D,38D,39D,40D,41D,42D,43D. The maximum Gasteiger partial charge on any atom is 0.252 e. The third-order valence-corrected chi connectivity index (χ3v) is 20.5. The Morgan fingerprint density at radius 3 is 0.845 bits per heavy atom. The van der Waals surface area contributed by atoms with Crippen LogP contribution in [0.2, 0.25) is 0 Å². The molecule has 0 saturated heterocycles. The SMILES string of the molecule is [2H]c1c([2H])c([2H])c2c(c1[2H])c1c([2H])c([2H])c([2H])c([2H])c1n2-c1ccc2c(c1)N(c1cccc3c1oc1c(-n4c5c([2H])c([2H])c([2H])c([2H])c5c5c([2H])c([2H])c([2H])c([2H])c54)cccc13)c1cc(C(C)(C)C)cc3c1B2c1ccc(-n2c4c([2H])c([2H])c([2H])c([2H])c4c4c([2H])c([2H])c([2H])c([2H])c42)cc1N3c1cccc2c1oc1c(-n3c4c([2H])c([2H])c([2H])c([2H])c4c4c([2H])c([2H])c([2H])c([2H])c43)cccc12. The lowest BCUT2D eigenvalue weighted by molar-refractivity contribution is 0.590. The molecule has 103 heavy (non-hydrogen) atoms. The molecule has 23 rings (SSSR count). The molecular formula is C94H61BN6O2. The molecule has 8 nitrogen and oxygen atoms in total. The molecule has 21 aromatic rings. The zero-order chi connectivity index (χ0) is 95.5. The summed E-state index contributed by atoms with van der Waals surface area (Å²) in [6, 6.07) is 14.7. The summed E-state index contributed by atoms with van der Waals surface area (Å²) in [6.07, 6.45) is 0. The predicted octanol–water partition coefficient (Wildman–Crippen LogP) is 23.3. The third-order valence-electron chi connectivity index (χ3n) is 20.5. The Labute approximate surface area is 636 Å². The number of para-hydroxylation sites is 12. The van der Waals surface area contributed by atoms with Gasteiger partial charge in [0.15, 0.2) is 22.3 Å². The Bertz CT molecular complexity index is 8500. The maximum absolute atomic E-state index is 9.80. The van der Waals surface area contributed by atoms with Gasteiger partial charge < -0.3 is 36.9 Å². The number of nitrogens with zero attached hydrogens (tertiary/aromatic N) is 6. The van der Waals surface area contributed by atoms with Gasteiger partial charge >= 0.3 is 0 Å². The number of aromatic nitrogens is 4. The molecule has 2 aliphatic rings. The van der Waals surface area contributed by atoms with Gasteiger partial charge in [-0.25, -0.2) is 0 Å². The van der Waals surface area contributed by atoms with Gasteiger partial charge in [-0.3, -0.25) is 0 Å². The summed E-state index contributed by atoms with van der Waals surface area (Å²) in [5.41, 5.74) is 2.08. The van der Waals surface area contributed by atoms with Gasteiger partial charge in [-0.05, 0) is 136 Å². The Kier molecular flexibility index (Phi) is 6.88. The van der Waals surface area contributed by atoms with Crippen LogP contribution in [-0.4, -0.2) is 25.0 Å². The van der Waals surface area contributed by atoms with Crippen molar-refractivity contribution in [3.8, 4) is 22.7 Å². The van der Waals surface area contributed by atoms with Crippen LogP contribution in [0, 0.1) is 0 Å². The van der Waals surface area contributed by atoms with Crippen LogP contribution >= 0.6 is 0 Å². The van der Waals surface area contributed by atoms with Gasteiger partial charge in [-0.1, -0.05) is 226 Å². The second-order valence-electron chi connectivity index (χ2n) is 26.7. The van der Waals surface area contributed by atoms with E-state index in [9.17, 15) is 27.4 Å². The van der Waals surface area contributed by atoms with Crippen molar-refractivity contribution in [1.82, 2.24) is 18.3 Å². The molecule has 0 amide bonds. The van der Waals surface area contributed by atoms with E-state index < -0.39 is 205 Å². The minimum atomic E-state index is -1.04. The highest BCUT2D eigenvalue weighted by atomic mass is 16.3. The van der Waals surface area contributed by atoms with Crippen molar-refractivity contribution < 1.29 is 52.7 Å². The molecule has 0 bridgehead atoms. The van der Waals surface area contributed by atoms with Gasteiger partial charge in [0.05, 0.1) is 111 Å². The van der Waals surface area contributed by atoms with E-state index in [1.807, 2.05) is 42.7 Å². The molecule has 15 aromatic carbocycles. The molecule has 9 heteroatoms. The lowest BCUT2D eigenvalue weighted by Gasteiger charge is -2.45. The van der Waals surface area contributed by atoms with E-state index in [2.05, 4.69) is 0 Å². The smallest absolute Gasteiger partial charge is 0.252 e. The number of anilines is 6. The lowest BCUT2D eigenvalue weighted by Crippen LogP contribution is -2.61. The fourth-order valence-electron chi connectivity index (χ4n) is 16.2. The minimum Gasteiger partial charge on any atom is -0.452 e. The topological polar surface area (TPSA) is 52.5 Å². The van der Waals surface area contributed by atoms with E-state index in [1.54, 1.807) is 109 Å². The van der Waals surface area contributed by atoms with Crippen LogP contribution in [0.5, 0.6) is 0 Å². The molecule has 0 unspecified atom stereocenters. The number of hydrogen-bond acceptors (Lipinski definition) is 4. The fourth-order valence-corrected chi connectivity index (χ4v) is 16.2. The first-order chi connectivity index (χ1) is 64.1. The monoisotopic (exact) mass is 1350 g/mol. The molecule has 0 N–H and O–H groups in total. The summed E-state index contributed by atoms with van der Waals surface area (Å²) in [6.45, 7) is 4.88. The van der Waals surface area contributed by atoms with Crippen molar-refractivity contribution in [3.05, 3.63) is 320 Å². The van der Waals surface area contributed by atoms with Crippen LogP contribution in [0.25, 0.3) is 154 Å². The summed E-state index contributed by atoms with van der Waals surface area (Å²) in [7, 11) is 0. The van der Waals surface area contributed by atoms with Crippen molar-refractivity contribution in [3.63, 3.8) is 0 Å². The average molecular weight is 1350 g/mol. The van der Waals surface area contributed by atoms with Crippen molar-refractivity contribution in [1.29, 1.82) is 0 Å². The van der Waals surface area contributed by atoms with Crippen molar-refractivity contribution in [2.75, 3.05) is 9.80 Å². The van der Waals surface area contributed by atoms with Gasteiger partial charge in [0.1, 0.15) is 0 Å². The van der Waals surface area contributed by atoms with E-state index in [0.717, 1.165) is 0 Å². The number of furan rings is 2. The fraction of sp³-hybridized carbons (Fsp3) is 0.0426.